The Bertz CT molecular complexity index is 958. The molecule has 1 aromatic carbocycles. The van der Waals surface area contributed by atoms with Crippen LogP contribution < -0.4 is 16.0 Å². The van der Waals surface area contributed by atoms with E-state index in [0.29, 0.717) is 29.2 Å². The normalized spacial score (nSPS) is 22.7. The number of aromatic nitrogens is 5. The summed E-state index contributed by atoms with van der Waals surface area (Å²) in [6.45, 7) is 3.38. The van der Waals surface area contributed by atoms with E-state index in [1.54, 1.807) is 10.9 Å². The fraction of sp³-hybridized carbons (Fsp3) is 0.500. The van der Waals surface area contributed by atoms with E-state index in [1.807, 2.05) is 0 Å². The monoisotopic (exact) mass is 394 g/mol. The fourth-order valence-corrected chi connectivity index (χ4v) is 4.04. The fourth-order valence-electron chi connectivity index (χ4n) is 4.04. The van der Waals surface area contributed by atoms with Crippen LogP contribution in [0.25, 0.3) is 16.9 Å². The quantitative estimate of drug-likeness (QED) is 0.689. The molecule has 3 N–H and O–H groups in total. The molecule has 152 valence electrons. The number of anilines is 2. The van der Waals surface area contributed by atoms with E-state index in [1.165, 1.54) is 5.69 Å². The molecule has 0 atom stereocenters. The highest BCUT2D eigenvalue weighted by molar-refractivity contribution is 5.72. The minimum absolute atomic E-state index is 0.322. The maximum atomic E-state index is 6.01. The lowest BCUT2D eigenvalue weighted by molar-refractivity contribution is 0.122. The molecule has 1 saturated carbocycles. The minimum Gasteiger partial charge on any atom is -0.378 e. The van der Waals surface area contributed by atoms with E-state index >= 15 is 0 Å². The van der Waals surface area contributed by atoms with Gasteiger partial charge in [0.15, 0.2) is 11.2 Å². The topological polar surface area (TPSA) is 107 Å². The van der Waals surface area contributed by atoms with E-state index < -0.39 is 0 Å². The van der Waals surface area contributed by atoms with Gasteiger partial charge in [-0.1, -0.05) is 5.21 Å². The van der Waals surface area contributed by atoms with Crippen molar-refractivity contribution >= 4 is 22.8 Å². The smallest absolute Gasteiger partial charge is 0.225 e. The van der Waals surface area contributed by atoms with E-state index in [2.05, 4.69) is 49.8 Å². The van der Waals surface area contributed by atoms with Gasteiger partial charge in [-0.05, 0) is 49.9 Å². The highest BCUT2D eigenvalue weighted by atomic mass is 16.5. The zero-order chi connectivity index (χ0) is 19.6. The Balaban J connectivity index is 1.37. The van der Waals surface area contributed by atoms with Gasteiger partial charge in [-0.25, -0.2) is 4.98 Å². The first kappa shape index (κ1) is 18.3. The predicted molar refractivity (Wildman–Crippen MR) is 111 cm³/mol. The minimum atomic E-state index is 0.322. The van der Waals surface area contributed by atoms with E-state index in [9.17, 15) is 0 Å². The van der Waals surface area contributed by atoms with Gasteiger partial charge in [0.2, 0.25) is 5.95 Å². The van der Waals surface area contributed by atoms with Gasteiger partial charge < -0.3 is 20.7 Å². The summed E-state index contributed by atoms with van der Waals surface area (Å²) in [7, 11) is 0. The van der Waals surface area contributed by atoms with E-state index in [-0.39, 0.29) is 0 Å². The van der Waals surface area contributed by atoms with E-state index in [0.717, 1.165) is 57.7 Å². The number of fused-ring (bicyclic) bond motifs is 1. The lowest BCUT2D eigenvalue weighted by atomic mass is 9.92. The number of benzene rings is 1. The summed E-state index contributed by atoms with van der Waals surface area (Å²) in [6.07, 6.45) is 5.89. The Morgan fingerprint density at radius 2 is 1.72 bits per heavy atom. The van der Waals surface area contributed by atoms with Crippen LogP contribution in [0.4, 0.5) is 11.6 Å². The summed E-state index contributed by atoms with van der Waals surface area (Å²) in [5, 5.41) is 12.0. The van der Waals surface area contributed by atoms with Crippen molar-refractivity contribution in [2.75, 3.05) is 36.5 Å². The van der Waals surface area contributed by atoms with Crippen molar-refractivity contribution in [2.24, 2.45) is 5.73 Å². The molecule has 1 saturated heterocycles. The maximum absolute atomic E-state index is 6.01. The van der Waals surface area contributed by atoms with Gasteiger partial charge in [-0.3, -0.25) is 0 Å². The Morgan fingerprint density at radius 3 is 2.48 bits per heavy atom. The third-order valence-electron chi connectivity index (χ3n) is 5.77. The number of nitrogens with two attached hydrogens (primary N) is 1. The van der Waals surface area contributed by atoms with Crippen LogP contribution in [-0.2, 0) is 4.74 Å². The third-order valence-corrected chi connectivity index (χ3v) is 5.77. The van der Waals surface area contributed by atoms with Crippen LogP contribution in [0.1, 0.15) is 25.7 Å². The van der Waals surface area contributed by atoms with Crippen LogP contribution in [-0.4, -0.2) is 63.3 Å². The zero-order valence-corrected chi connectivity index (χ0v) is 16.4. The molecule has 5 rings (SSSR count). The van der Waals surface area contributed by atoms with Gasteiger partial charge in [0.1, 0.15) is 0 Å². The Labute approximate surface area is 169 Å². The molecule has 0 unspecified atom stereocenters. The predicted octanol–water partition coefficient (Wildman–Crippen LogP) is 1.73. The first-order valence-corrected chi connectivity index (χ1v) is 10.3. The first-order chi connectivity index (χ1) is 14.3. The number of morpholine rings is 1. The average molecular weight is 394 g/mol. The van der Waals surface area contributed by atoms with Crippen molar-refractivity contribution in [1.82, 2.24) is 25.0 Å². The van der Waals surface area contributed by atoms with Gasteiger partial charge >= 0.3 is 0 Å². The molecule has 2 fully saturated rings. The molecule has 0 amide bonds. The molecule has 29 heavy (non-hydrogen) atoms. The molecule has 0 radical (unpaired) electrons. The summed E-state index contributed by atoms with van der Waals surface area (Å²) in [4.78, 5) is 11.4. The molecule has 3 aromatic rings. The zero-order valence-electron chi connectivity index (χ0n) is 16.4. The Morgan fingerprint density at radius 1 is 1.00 bits per heavy atom. The summed E-state index contributed by atoms with van der Waals surface area (Å²) >= 11 is 0. The number of ether oxygens (including phenoxy) is 1. The van der Waals surface area contributed by atoms with Crippen LogP contribution in [0, 0.1) is 0 Å². The summed E-state index contributed by atoms with van der Waals surface area (Å²) in [5.74, 6) is 0.617. The van der Waals surface area contributed by atoms with Crippen LogP contribution in [0.3, 0.4) is 0 Å². The second-order valence-corrected chi connectivity index (χ2v) is 7.78. The number of nitrogens with zero attached hydrogens (tertiary/aromatic N) is 6. The number of hydrogen-bond acceptors (Lipinski definition) is 8. The van der Waals surface area contributed by atoms with Gasteiger partial charge in [-0.2, -0.15) is 9.67 Å². The van der Waals surface area contributed by atoms with Gasteiger partial charge in [0.25, 0.3) is 0 Å². The highest BCUT2D eigenvalue weighted by Crippen LogP contribution is 2.22. The summed E-state index contributed by atoms with van der Waals surface area (Å²) in [6, 6.07) is 9.01. The SMILES string of the molecule is N[C@H]1CC[C@H](Nc2ncc3nnn(-c4ccc(N5CCOCC5)cc4)c3n2)CC1. The number of rotatable bonds is 4. The molecule has 9 heteroatoms. The molecule has 2 aliphatic rings. The van der Waals surface area contributed by atoms with Crippen molar-refractivity contribution in [3.8, 4) is 5.69 Å². The molecular formula is C20H26N8O. The van der Waals surface area contributed by atoms with Crippen molar-refractivity contribution < 1.29 is 4.74 Å². The van der Waals surface area contributed by atoms with Crippen LogP contribution in [0.5, 0.6) is 0 Å². The largest absolute Gasteiger partial charge is 0.378 e. The third kappa shape index (κ3) is 3.88. The van der Waals surface area contributed by atoms with Crippen molar-refractivity contribution in [3.05, 3.63) is 30.5 Å². The standard InChI is InChI=1S/C20H26N8O/c21-14-1-3-15(4-2-14)23-20-22-13-18-19(24-20)28(26-25-18)17-7-5-16(6-8-17)27-9-11-29-12-10-27/h5-8,13-15H,1-4,9-12,21H2,(H,22,23,24)/t14-,15-. The van der Waals surface area contributed by atoms with E-state index in [4.69, 9.17) is 15.5 Å². The average Bonchev–Trinajstić information content (AvgIpc) is 3.19. The molecule has 3 heterocycles. The second kappa shape index (κ2) is 7.92. The Hall–Kier alpha value is -2.78. The highest BCUT2D eigenvalue weighted by Gasteiger charge is 2.20. The van der Waals surface area contributed by atoms with Gasteiger partial charge in [0.05, 0.1) is 25.1 Å². The van der Waals surface area contributed by atoms with Crippen LogP contribution in [0.2, 0.25) is 0 Å². The van der Waals surface area contributed by atoms with Crippen LogP contribution >= 0.6 is 0 Å². The lowest BCUT2D eigenvalue weighted by Crippen LogP contribution is -2.36. The summed E-state index contributed by atoms with van der Waals surface area (Å²) in [5.41, 5.74) is 9.50. The number of nitrogens with one attached hydrogen (secondary N) is 1. The molecule has 0 bridgehead atoms. The molecule has 2 aromatic heterocycles. The molecule has 9 nitrogen and oxygen atoms in total. The molecule has 0 spiro atoms. The Kier molecular flexibility index (Phi) is 4.99. The molecular weight excluding hydrogens is 368 g/mol. The molecule has 1 aliphatic carbocycles. The van der Waals surface area contributed by atoms with Crippen molar-refractivity contribution in [3.63, 3.8) is 0 Å². The number of hydrogen-bond donors (Lipinski definition) is 2. The van der Waals surface area contributed by atoms with Crippen molar-refractivity contribution in [1.29, 1.82) is 0 Å². The van der Waals surface area contributed by atoms with Gasteiger partial charge in [-0.15, -0.1) is 5.10 Å². The van der Waals surface area contributed by atoms with Gasteiger partial charge in [0, 0.05) is 30.9 Å². The first-order valence-electron chi connectivity index (χ1n) is 10.3. The maximum Gasteiger partial charge on any atom is 0.225 e. The second-order valence-electron chi connectivity index (χ2n) is 7.78. The van der Waals surface area contributed by atoms with Crippen LogP contribution in [0.15, 0.2) is 30.5 Å². The van der Waals surface area contributed by atoms with Crippen molar-refractivity contribution in [2.45, 2.75) is 37.8 Å². The lowest BCUT2D eigenvalue weighted by Gasteiger charge is -2.28. The summed E-state index contributed by atoms with van der Waals surface area (Å²) < 4.78 is 7.20. The molecule has 1 aliphatic heterocycles.